The summed E-state index contributed by atoms with van der Waals surface area (Å²) in [6.07, 6.45) is 4.96. The van der Waals surface area contributed by atoms with Crippen molar-refractivity contribution in [1.82, 2.24) is 15.2 Å². The summed E-state index contributed by atoms with van der Waals surface area (Å²) in [6, 6.07) is 10.3. The molecule has 2 saturated heterocycles. The van der Waals surface area contributed by atoms with Crippen LogP contribution in [0, 0.1) is 0 Å². The van der Waals surface area contributed by atoms with E-state index < -0.39 is 11.6 Å². The third kappa shape index (κ3) is 4.94. The Kier molecular flexibility index (Phi) is 6.29. The Morgan fingerprint density at radius 1 is 1.21 bits per heavy atom. The van der Waals surface area contributed by atoms with Crippen molar-refractivity contribution >= 4 is 17.5 Å². The van der Waals surface area contributed by atoms with Crippen LogP contribution >= 0.6 is 0 Å². The number of carbonyl (C=O) groups excluding carboxylic acids is 2. The molecule has 2 atom stereocenters. The average Bonchev–Trinajstić information content (AvgIpc) is 3.30. The van der Waals surface area contributed by atoms with Gasteiger partial charge in [0.15, 0.2) is 0 Å². The van der Waals surface area contributed by atoms with E-state index >= 15 is 0 Å². The second-order valence-electron chi connectivity index (χ2n) is 10.5. The smallest absolute Gasteiger partial charge is 0.250 e. The fourth-order valence-electron chi connectivity index (χ4n) is 4.63. The van der Waals surface area contributed by atoms with Gasteiger partial charge in [0.2, 0.25) is 5.91 Å². The Bertz CT molecular complexity index is 984. The van der Waals surface area contributed by atoms with E-state index in [1.807, 2.05) is 30.3 Å². The number of pyridine rings is 1. The van der Waals surface area contributed by atoms with Crippen LogP contribution in [-0.2, 0) is 15.0 Å². The van der Waals surface area contributed by atoms with Gasteiger partial charge in [0.1, 0.15) is 6.04 Å². The molecule has 33 heavy (non-hydrogen) atoms. The summed E-state index contributed by atoms with van der Waals surface area (Å²) in [7, 11) is 0. The lowest BCUT2D eigenvalue weighted by atomic mass is 9.87. The number of amides is 2. The summed E-state index contributed by atoms with van der Waals surface area (Å²) in [5.41, 5.74) is 1.56. The molecule has 2 fully saturated rings. The van der Waals surface area contributed by atoms with Crippen LogP contribution in [0.4, 0.5) is 5.69 Å². The van der Waals surface area contributed by atoms with Gasteiger partial charge < -0.3 is 15.3 Å². The van der Waals surface area contributed by atoms with Gasteiger partial charge in [0, 0.05) is 23.6 Å². The fourth-order valence-corrected chi connectivity index (χ4v) is 4.63. The van der Waals surface area contributed by atoms with Gasteiger partial charge in [-0.25, -0.2) is 0 Å². The van der Waals surface area contributed by atoms with Gasteiger partial charge in [-0.15, -0.1) is 0 Å². The first-order valence-electron chi connectivity index (χ1n) is 11.6. The Balaban J connectivity index is 1.77. The summed E-state index contributed by atoms with van der Waals surface area (Å²) in [5.74, 6) is -0.328. The van der Waals surface area contributed by atoms with Gasteiger partial charge in [-0.3, -0.25) is 19.5 Å². The molecule has 2 aliphatic rings. The molecule has 1 aromatic carbocycles. The van der Waals surface area contributed by atoms with Crippen LogP contribution in [0.3, 0.4) is 0 Å². The third-order valence-electron chi connectivity index (χ3n) is 6.47. The molecule has 0 aliphatic carbocycles. The van der Waals surface area contributed by atoms with E-state index in [0.29, 0.717) is 11.3 Å². The first kappa shape index (κ1) is 23.4. The lowest BCUT2D eigenvalue weighted by Gasteiger charge is -2.47. The summed E-state index contributed by atoms with van der Waals surface area (Å²) in [5, 5.41) is 13.5. The maximum Gasteiger partial charge on any atom is 0.250 e. The zero-order chi connectivity index (χ0) is 23.8. The molecule has 0 saturated carbocycles. The van der Waals surface area contributed by atoms with Crippen molar-refractivity contribution in [3.63, 3.8) is 0 Å². The van der Waals surface area contributed by atoms with Gasteiger partial charge in [-0.2, -0.15) is 0 Å². The molecule has 2 aliphatic heterocycles. The molecule has 1 unspecified atom stereocenters. The highest BCUT2D eigenvalue weighted by Crippen LogP contribution is 2.34. The lowest BCUT2D eigenvalue weighted by Crippen LogP contribution is -2.64. The highest BCUT2D eigenvalue weighted by atomic mass is 16.3. The first-order chi connectivity index (χ1) is 15.6. The van der Waals surface area contributed by atoms with E-state index in [1.54, 1.807) is 35.2 Å². The Hall–Kier alpha value is -2.77. The number of hydrogen-bond donors (Lipinski definition) is 2. The van der Waals surface area contributed by atoms with Crippen LogP contribution in [0.25, 0.3) is 0 Å². The Morgan fingerprint density at radius 3 is 2.42 bits per heavy atom. The van der Waals surface area contributed by atoms with Crippen LogP contribution in [0.2, 0.25) is 0 Å². The molecule has 1 aromatic heterocycles. The predicted octanol–water partition coefficient (Wildman–Crippen LogP) is 2.80. The molecule has 0 spiro atoms. The summed E-state index contributed by atoms with van der Waals surface area (Å²) in [6.45, 7) is 9.42. The van der Waals surface area contributed by atoms with Crippen molar-refractivity contribution in [1.29, 1.82) is 0 Å². The number of β-amino-alcohol motifs (C(OH)–C–C–N with tert-alkyl or cyclic N) is 1. The standard InChI is InChI=1S/C26H34N4O3/c1-25(2,3)19-9-11-20(12-10-19)30(23(31)21-8-6-14-28-21)22(18-7-5-13-27-15-18)24(32)29-16-26(4,33)17-29/h5,7,9-13,15,21-22,28,33H,6,8,14,16-17H2,1-4H3/t21-,22?/m1/s1. The molecule has 3 heterocycles. The molecular weight excluding hydrogens is 416 g/mol. The summed E-state index contributed by atoms with van der Waals surface area (Å²) in [4.78, 5) is 35.0. The lowest BCUT2D eigenvalue weighted by molar-refractivity contribution is -0.154. The third-order valence-corrected chi connectivity index (χ3v) is 6.47. The monoisotopic (exact) mass is 450 g/mol. The summed E-state index contributed by atoms with van der Waals surface area (Å²) < 4.78 is 0. The number of rotatable bonds is 5. The van der Waals surface area contributed by atoms with E-state index in [9.17, 15) is 14.7 Å². The van der Waals surface area contributed by atoms with E-state index in [2.05, 4.69) is 31.1 Å². The molecule has 7 nitrogen and oxygen atoms in total. The van der Waals surface area contributed by atoms with Crippen molar-refractivity contribution < 1.29 is 14.7 Å². The minimum atomic E-state index is -0.897. The number of hydrogen-bond acceptors (Lipinski definition) is 5. The molecule has 2 aromatic rings. The van der Waals surface area contributed by atoms with Crippen LogP contribution in [0.5, 0.6) is 0 Å². The van der Waals surface area contributed by atoms with Crippen LogP contribution in [0.1, 0.15) is 57.7 Å². The van der Waals surface area contributed by atoms with Crippen LogP contribution in [-0.4, -0.2) is 58.1 Å². The largest absolute Gasteiger partial charge is 0.386 e. The number of benzene rings is 1. The second-order valence-corrected chi connectivity index (χ2v) is 10.5. The molecule has 2 amide bonds. The molecule has 0 radical (unpaired) electrons. The average molecular weight is 451 g/mol. The topological polar surface area (TPSA) is 85.8 Å². The quantitative estimate of drug-likeness (QED) is 0.732. The van der Waals surface area contributed by atoms with Gasteiger partial charge in [-0.05, 0) is 55.5 Å². The van der Waals surface area contributed by atoms with E-state index in [4.69, 9.17) is 0 Å². The van der Waals surface area contributed by atoms with E-state index in [1.165, 1.54) is 0 Å². The van der Waals surface area contributed by atoms with Crippen molar-refractivity contribution in [3.05, 3.63) is 59.9 Å². The zero-order valence-electron chi connectivity index (χ0n) is 19.9. The maximum absolute atomic E-state index is 13.8. The number of likely N-dealkylation sites (tertiary alicyclic amines) is 1. The van der Waals surface area contributed by atoms with Crippen molar-refractivity contribution in [2.45, 2.75) is 63.6 Å². The van der Waals surface area contributed by atoms with Crippen molar-refractivity contribution in [3.8, 4) is 0 Å². The van der Waals surface area contributed by atoms with Gasteiger partial charge in [0.05, 0.1) is 24.7 Å². The van der Waals surface area contributed by atoms with Crippen LogP contribution < -0.4 is 10.2 Å². The Morgan fingerprint density at radius 2 is 1.91 bits per heavy atom. The van der Waals surface area contributed by atoms with Crippen molar-refractivity contribution in [2.75, 3.05) is 24.5 Å². The highest BCUT2D eigenvalue weighted by molar-refractivity contribution is 6.04. The molecular formula is C26H34N4O3. The maximum atomic E-state index is 13.8. The number of carbonyl (C=O) groups is 2. The molecule has 4 rings (SSSR count). The van der Waals surface area contributed by atoms with Gasteiger partial charge in [0.25, 0.3) is 5.91 Å². The molecule has 0 bridgehead atoms. The highest BCUT2D eigenvalue weighted by Gasteiger charge is 2.45. The minimum absolute atomic E-state index is 0.0256. The number of nitrogens with zero attached hydrogens (tertiary/aromatic N) is 3. The number of nitrogens with one attached hydrogen (secondary N) is 1. The van der Waals surface area contributed by atoms with E-state index in [0.717, 1.165) is 24.9 Å². The second kappa shape index (κ2) is 8.88. The molecule has 176 valence electrons. The number of anilines is 1. The number of aromatic nitrogens is 1. The van der Waals surface area contributed by atoms with Crippen LogP contribution in [0.15, 0.2) is 48.8 Å². The molecule has 2 N–H and O–H groups in total. The van der Waals surface area contributed by atoms with Crippen molar-refractivity contribution in [2.24, 2.45) is 0 Å². The summed E-state index contributed by atoms with van der Waals surface area (Å²) >= 11 is 0. The fraction of sp³-hybridized carbons (Fsp3) is 0.500. The zero-order valence-corrected chi connectivity index (χ0v) is 19.9. The van der Waals surface area contributed by atoms with Gasteiger partial charge in [-0.1, -0.05) is 39.0 Å². The first-order valence-corrected chi connectivity index (χ1v) is 11.6. The Labute approximate surface area is 195 Å². The SMILES string of the molecule is CC1(O)CN(C(=O)C(c2cccnc2)N(C(=O)[C@H]2CCCN2)c2ccc(C(C)(C)C)cc2)C1. The molecule has 7 heteroatoms. The van der Waals surface area contributed by atoms with E-state index in [-0.39, 0.29) is 36.4 Å². The van der Waals surface area contributed by atoms with Gasteiger partial charge >= 0.3 is 0 Å². The minimum Gasteiger partial charge on any atom is -0.386 e. The number of aliphatic hydroxyl groups is 1. The predicted molar refractivity (Wildman–Crippen MR) is 128 cm³/mol. The normalized spacial score (nSPS) is 20.8.